The molecule has 1 atom stereocenters. The third kappa shape index (κ3) is 1.24. The molecule has 0 aromatic rings. The molecule has 1 unspecified atom stereocenters. The molecule has 56 valence electrons. The normalized spacial score (nSPS) is 25.5. The largest absolute Gasteiger partial charge is 0.295 e. The third-order valence-corrected chi connectivity index (χ3v) is 3.24. The summed E-state index contributed by atoms with van der Waals surface area (Å²) in [4.78, 5) is 12.1. The molecule has 0 aromatic heterocycles. The Hall–Kier alpha value is -0.290. The lowest BCUT2D eigenvalue weighted by Crippen LogP contribution is -2.29. The van der Waals surface area contributed by atoms with E-state index < -0.39 is 10.8 Å². The lowest BCUT2D eigenvalue weighted by atomic mass is 10.6. The molecule has 0 aromatic carbocycles. The molecule has 1 amide bonds. The molecule has 0 N–H and O–H groups in total. The summed E-state index contributed by atoms with van der Waals surface area (Å²) in [7, 11) is -1.08. The van der Waals surface area contributed by atoms with E-state index in [0.717, 1.165) is 0 Å². The highest BCUT2D eigenvalue weighted by atomic mass is 32.2. The predicted octanol–water partition coefficient (Wildman–Crippen LogP) is -0.118. The van der Waals surface area contributed by atoms with Crippen LogP contribution in [0.4, 0.5) is 0 Å². The number of rotatable bonds is 0. The highest BCUT2D eigenvalue weighted by molar-refractivity contribution is 8.13. The summed E-state index contributed by atoms with van der Waals surface area (Å²) < 4.78 is 11.1. The van der Waals surface area contributed by atoms with Gasteiger partial charge < -0.3 is 0 Å². The monoisotopic (exact) mass is 177 g/mol. The first-order valence-electron chi connectivity index (χ1n) is 2.83. The second-order valence-corrected chi connectivity index (χ2v) is 4.12. The first-order valence-corrected chi connectivity index (χ1v) is 4.56. The Bertz CT molecular complexity index is 214. The Morgan fingerprint density at radius 1 is 1.80 bits per heavy atom. The quantitative estimate of drug-likeness (QED) is 0.484. The smallest absolute Gasteiger partial charge is 0.224 e. The van der Waals surface area contributed by atoms with Crippen LogP contribution in [0.2, 0.25) is 0 Å². The van der Waals surface area contributed by atoms with Gasteiger partial charge in [0.15, 0.2) is 4.32 Å². The van der Waals surface area contributed by atoms with E-state index >= 15 is 0 Å². The second kappa shape index (κ2) is 2.75. The fourth-order valence-corrected chi connectivity index (χ4v) is 2.22. The van der Waals surface area contributed by atoms with Gasteiger partial charge in [0.2, 0.25) is 5.91 Å². The van der Waals surface area contributed by atoms with Crippen LogP contribution < -0.4 is 0 Å². The predicted molar refractivity (Wildman–Crippen MR) is 43.0 cm³/mol. The van der Waals surface area contributed by atoms with Gasteiger partial charge in [0.05, 0.1) is 10.8 Å². The van der Waals surface area contributed by atoms with Crippen molar-refractivity contribution >= 4 is 33.2 Å². The first kappa shape index (κ1) is 7.81. The number of amides is 1. The Morgan fingerprint density at radius 2 is 2.40 bits per heavy atom. The van der Waals surface area contributed by atoms with Crippen LogP contribution in [0.15, 0.2) is 0 Å². The zero-order valence-corrected chi connectivity index (χ0v) is 7.13. The molecule has 1 aliphatic heterocycles. The zero-order valence-electron chi connectivity index (χ0n) is 5.49. The highest BCUT2D eigenvalue weighted by Crippen LogP contribution is 2.06. The summed E-state index contributed by atoms with van der Waals surface area (Å²) in [5.41, 5.74) is 0. The van der Waals surface area contributed by atoms with Crippen molar-refractivity contribution in [3.63, 3.8) is 0 Å². The molecule has 3 nitrogen and oxygen atoms in total. The first-order chi connectivity index (χ1) is 4.63. The fraction of sp³-hybridized carbons (Fsp3) is 0.600. The molecular weight excluding hydrogens is 170 g/mol. The van der Waals surface area contributed by atoms with Gasteiger partial charge >= 0.3 is 0 Å². The molecule has 1 rings (SSSR count). The minimum Gasteiger partial charge on any atom is -0.295 e. The zero-order chi connectivity index (χ0) is 7.72. The molecule has 1 aliphatic rings. The van der Waals surface area contributed by atoms with Crippen molar-refractivity contribution in [2.45, 2.75) is 6.92 Å². The van der Waals surface area contributed by atoms with Crippen molar-refractivity contribution in [3.05, 3.63) is 0 Å². The fourth-order valence-electron chi connectivity index (χ4n) is 0.762. The van der Waals surface area contributed by atoms with Gasteiger partial charge in [-0.3, -0.25) is 13.9 Å². The van der Waals surface area contributed by atoms with E-state index in [1.165, 1.54) is 11.8 Å². The van der Waals surface area contributed by atoms with Gasteiger partial charge in [0.1, 0.15) is 0 Å². The van der Waals surface area contributed by atoms with Crippen LogP contribution in [0.25, 0.3) is 0 Å². The maximum atomic E-state index is 10.9. The van der Waals surface area contributed by atoms with E-state index in [1.807, 2.05) is 0 Å². The Kier molecular flexibility index (Phi) is 2.15. The summed E-state index contributed by atoms with van der Waals surface area (Å²) in [5.74, 6) is 0.383. The summed E-state index contributed by atoms with van der Waals surface area (Å²) in [6.07, 6.45) is 0. The number of carbonyl (C=O) groups excluding carboxylic acids is 1. The SMILES string of the molecule is CC(=O)N1CCS(=O)C1=S. The van der Waals surface area contributed by atoms with Crippen molar-refractivity contribution < 1.29 is 9.00 Å². The van der Waals surface area contributed by atoms with Crippen molar-refractivity contribution in [3.8, 4) is 0 Å². The number of nitrogens with zero attached hydrogens (tertiary/aromatic N) is 1. The van der Waals surface area contributed by atoms with Crippen LogP contribution in [0, 0.1) is 0 Å². The molecule has 1 saturated heterocycles. The molecule has 0 radical (unpaired) electrons. The lowest BCUT2D eigenvalue weighted by Gasteiger charge is -2.09. The van der Waals surface area contributed by atoms with Gasteiger partial charge in [-0.1, -0.05) is 0 Å². The van der Waals surface area contributed by atoms with Crippen molar-refractivity contribution in [1.29, 1.82) is 0 Å². The molecule has 1 heterocycles. The second-order valence-electron chi connectivity index (χ2n) is 1.99. The minimum atomic E-state index is -1.08. The topological polar surface area (TPSA) is 37.4 Å². The molecule has 0 spiro atoms. The molecule has 1 fully saturated rings. The maximum absolute atomic E-state index is 10.9. The van der Waals surface area contributed by atoms with Crippen molar-refractivity contribution in [1.82, 2.24) is 4.90 Å². The highest BCUT2D eigenvalue weighted by Gasteiger charge is 2.26. The van der Waals surface area contributed by atoms with Crippen LogP contribution in [0.1, 0.15) is 6.92 Å². The number of thiocarbonyl (C=S) groups is 1. The van der Waals surface area contributed by atoms with Crippen LogP contribution in [0.3, 0.4) is 0 Å². The van der Waals surface area contributed by atoms with Crippen molar-refractivity contribution in [2.75, 3.05) is 12.3 Å². The Labute approximate surface area is 66.8 Å². The van der Waals surface area contributed by atoms with E-state index in [0.29, 0.717) is 12.3 Å². The minimum absolute atomic E-state index is 0.115. The molecule has 5 heteroatoms. The van der Waals surface area contributed by atoms with Crippen LogP contribution in [-0.4, -0.2) is 31.6 Å². The summed E-state index contributed by atoms with van der Waals surface area (Å²) in [6.45, 7) is 1.94. The summed E-state index contributed by atoms with van der Waals surface area (Å²) in [6, 6.07) is 0. The molecular formula is C5H7NO2S2. The van der Waals surface area contributed by atoms with Gasteiger partial charge in [-0.05, 0) is 12.2 Å². The third-order valence-electron chi connectivity index (χ3n) is 1.30. The maximum Gasteiger partial charge on any atom is 0.224 e. The van der Waals surface area contributed by atoms with E-state index in [1.54, 1.807) is 0 Å². The molecule has 10 heavy (non-hydrogen) atoms. The standard InChI is InChI=1S/C5H7NO2S2/c1-4(7)6-2-3-10(8)5(6)9/h2-3H2,1H3. The Morgan fingerprint density at radius 3 is 2.60 bits per heavy atom. The van der Waals surface area contributed by atoms with E-state index in [4.69, 9.17) is 12.2 Å². The number of hydrogen-bond acceptors (Lipinski definition) is 3. The lowest BCUT2D eigenvalue weighted by molar-refractivity contribution is -0.124. The summed E-state index contributed by atoms with van der Waals surface area (Å²) >= 11 is 4.74. The summed E-state index contributed by atoms with van der Waals surface area (Å²) in [5, 5.41) is 0. The number of carbonyl (C=O) groups is 1. The van der Waals surface area contributed by atoms with Crippen LogP contribution in [0.5, 0.6) is 0 Å². The van der Waals surface area contributed by atoms with Gasteiger partial charge in [-0.25, -0.2) is 0 Å². The van der Waals surface area contributed by atoms with Gasteiger partial charge in [-0.2, -0.15) is 0 Å². The average molecular weight is 177 g/mol. The molecule has 0 saturated carbocycles. The van der Waals surface area contributed by atoms with E-state index in [-0.39, 0.29) is 10.2 Å². The number of hydrogen-bond donors (Lipinski definition) is 0. The molecule has 0 bridgehead atoms. The van der Waals surface area contributed by atoms with Crippen LogP contribution >= 0.6 is 12.2 Å². The van der Waals surface area contributed by atoms with Gasteiger partial charge in [-0.15, -0.1) is 0 Å². The Balaban J connectivity index is 2.76. The van der Waals surface area contributed by atoms with Gasteiger partial charge in [0.25, 0.3) is 0 Å². The van der Waals surface area contributed by atoms with E-state index in [2.05, 4.69) is 0 Å². The van der Waals surface area contributed by atoms with Crippen molar-refractivity contribution in [2.24, 2.45) is 0 Å². The van der Waals surface area contributed by atoms with Gasteiger partial charge in [0, 0.05) is 19.2 Å². The van der Waals surface area contributed by atoms with Crippen LogP contribution in [-0.2, 0) is 15.6 Å². The average Bonchev–Trinajstić information content (AvgIpc) is 2.14. The molecule has 0 aliphatic carbocycles. The van der Waals surface area contributed by atoms with E-state index in [9.17, 15) is 9.00 Å².